The molecular formula is C7H12O. The van der Waals surface area contributed by atoms with Gasteiger partial charge in [-0.05, 0) is 6.42 Å². The van der Waals surface area contributed by atoms with Crippen LogP contribution in [0.15, 0.2) is 24.3 Å². The van der Waals surface area contributed by atoms with Crippen LogP contribution in [0, 0.1) is 0 Å². The molecule has 0 radical (unpaired) electrons. The van der Waals surface area contributed by atoms with Crippen LogP contribution in [0.4, 0.5) is 0 Å². The third-order valence-corrected chi connectivity index (χ3v) is 1.02. The van der Waals surface area contributed by atoms with Gasteiger partial charge in [0.1, 0.15) is 0 Å². The van der Waals surface area contributed by atoms with Gasteiger partial charge in [-0.3, -0.25) is 0 Å². The average Bonchev–Trinajstić information content (AvgIpc) is 1.83. The van der Waals surface area contributed by atoms with E-state index in [1.807, 2.05) is 6.92 Å². The molecule has 0 aromatic heterocycles. The summed E-state index contributed by atoms with van der Waals surface area (Å²) < 4.78 is 0. The molecule has 46 valence electrons. The Labute approximate surface area is 50.3 Å². The second-order valence-corrected chi connectivity index (χ2v) is 1.52. The van der Waals surface area contributed by atoms with Crippen LogP contribution in [0.3, 0.4) is 0 Å². The maximum Gasteiger partial charge on any atom is 0.0618 e. The molecule has 1 heteroatoms. The quantitative estimate of drug-likeness (QED) is 0.548. The number of aliphatic hydroxyl groups excluding tert-OH is 1. The highest BCUT2D eigenvalue weighted by atomic mass is 16.2. The van der Waals surface area contributed by atoms with Crippen molar-refractivity contribution in [2.24, 2.45) is 0 Å². The number of rotatable bonds is 3. The lowest BCUT2D eigenvalue weighted by Gasteiger charge is -1.90. The van der Waals surface area contributed by atoms with E-state index in [4.69, 9.17) is 5.11 Å². The lowest BCUT2D eigenvalue weighted by Crippen LogP contribution is -1.77. The Hall–Kier alpha value is -0.560. The first-order valence-corrected chi connectivity index (χ1v) is 2.77. The molecule has 0 aliphatic rings. The Morgan fingerprint density at radius 2 is 2.38 bits per heavy atom. The number of aliphatic hydroxyl groups is 1. The SMILES string of the molecule is C=C/C(=C\CO)CC. The summed E-state index contributed by atoms with van der Waals surface area (Å²) in [6, 6.07) is 0. The van der Waals surface area contributed by atoms with E-state index in [-0.39, 0.29) is 6.61 Å². The summed E-state index contributed by atoms with van der Waals surface area (Å²) in [6.45, 7) is 5.72. The van der Waals surface area contributed by atoms with Gasteiger partial charge in [-0.1, -0.05) is 31.2 Å². The van der Waals surface area contributed by atoms with Crippen molar-refractivity contribution in [2.45, 2.75) is 13.3 Å². The minimum absolute atomic E-state index is 0.120. The Balaban J connectivity index is 3.66. The van der Waals surface area contributed by atoms with Gasteiger partial charge < -0.3 is 5.11 Å². The maximum atomic E-state index is 8.37. The summed E-state index contributed by atoms with van der Waals surface area (Å²) in [5, 5.41) is 8.37. The second-order valence-electron chi connectivity index (χ2n) is 1.52. The molecule has 0 rings (SSSR count). The van der Waals surface area contributed by atoms with Crippen molar-refractivity contribution in [1.82, 2.24) is 0 Å². The van der Waals surface area contributed by atoms with Crippen LogP contribution in [0.1, 0.15) is 13.3 Å². The van der Waals surface area contributed by atoms with E-state index in [0.717, 1.165) is 12.0 Å². The van der Waals surface area contributed by atoms with Gasteiger partial charge in [0.25, 0.3) is 0 Å². The molecule has 8 heavy (non-hydrogen) atoms. The molecule has 0 spiro atoms. The first-order valence-electron chi connectivity index (χ1n) is 2.77. The molecule has 0 saturated carbocycles. The molecule has 0 saturated heterocycles. The highest BCUT2D eigenvalue weighted by Crippen LogP contribution is 1.98. The number of hydrogen-bond acceptors (Lipinski definition) is 1. The lowest BCUT2D eigenvalue weighted by molar-refractivity contribution is 0.342. The minimum atomic E-state index is 0.120. The molecule has 0 amide bonds. The van der Waals surface area contributed by atoms with E-state index in [1.165, 1.54) is 0 Å². The molecule has 0 aliphatic heterocycles. The summed E-state index contributed by atoms with van der Waals surface area (Å²) in [7, 11) is 0. The Bertz CT molecular complexity index is 92.6. The van der Waals surface area contributed by atoms with Crippen LogP contribution in [-0.4, -0.2) is 11.7 Å². The van der Waals surface area contributed by atoms with Crippen molar-refractivity contribution in [2.75, 3.05) is 6.61 Å². The van der Waals surface area contributed by atoms with Crippen molar-refractivity contribution in [3.05, 3.63) is 24.3 Å². The van der Waals surface area contributed by atoms with E-state index in [2.05, 4.69) is 6.58 Å². The molecule has 1 nitrogen and oxygen atoms in total. The summed E-state index contributed by atoms with van der Waals surface area (Å²) in [5.74, 6) is 0. The van der Waals surface area contributed by atoms with Crippen LogP contribution in [0.2, 0.25) is 0 Å². The average molecular weight is 112 g/mol. The smallest absolute Gasteiger partial charge is 0.0618 e. The summed E-state index contributed by atoms with van der Waals surface area (Å²) in [5.41, 5.74) is 1.10. The molecule has 1 N–H and O–H groups in total. The first kappa shape index (κ1) is 7.44. The summed E-state index contributed by atoms with van der Waals surface area (Å²) in [4.78, 5) is 0. The van der Waals surface area contributed by atoms with Crippen LogP contribution >= 0.6 is 0 Å². The van der Waals surface area contributed by atoms with E-state index in [9.17, 15) is 0 Å². The monoisotopic (exact) mass is 112 g/mol. The van der Waals surface area contributed by atoms with Crippen LogP contribution in [0.5, 0.6) is 0 Å². The van der Waals surface area contributed by atoms with Crippen LogP contribution in [0.25, 0.3) is 0 Å². The van der Waals surface area contributed by atoms with Crippen molar-refractivity contribution in [3.63, 3.8) is 0 Å². The van der Waals surface area contributed by atoms with E-state index in [1.54, 1.807) is 12.2 Å². The standard InChI is InChI=1S/C7H12O/c1-3-7(4-2)5-6-8/h3,5,8H,1,4,6H2,2H3/b7-5+. The fourth-order valence-electron chi connectivity index (χ4n) is 0.489. The Morgan fingerprint density at radius 3 is 2.50 bits per heavy atom. The summed E-state index contributed by atoms with van der Waals surface area (Å²) >= 11 is 0. The minimum Gasteiger partial charge on any atom is -0.392 e. The fourth-order valence-corrected chi connectivity index (χ4v) is 0.489. The zero-order chi connectivity index (χ0) is 6.41. The van der Waals surface area contributed by atoms with E-state index >= 15 is 0 Å². The first-order chi connectivity index (χ1) is 3.85. The molecule has 0 unspecified atom stereocenters. The zero-order valence-electron chi connectivity index (χ0n) is 5.22. The van der Waals surface area contributed by atoms with Gasteiger partial charge in [0.15, 0.2) is 0 Å². The predicted molar refractivity (Wildman–Crippen MR) is 35.7 cm³/mol. The van der Waals surface area contributed by atoms with E-state index in [0.29, 0.717) is 0 Å². The molecule has 0 heterocycles. The van der Waals surface area contributed by atoms with Gasteiger partial charge in [0.2, 0.25) is 0 Å². The van der Waals surface area contributed by atoms with Gasteiger partial charge >= 0.3 is 0 Å². The molecule has 0 bridgehead atoms. The fraction of sp³-hybridized carbons (Fsp3) is 0.429. The largest absolute Gasteiger partial charge is 0.392 e. The topological polar surface area (TPSA) is 20.2 Å². The normalized spacial score (nSPS) is 11.5. The zero-order valence-corrected chi connectivity index (χ0v) is 5.22. The highest BCUT2D eigenvalue weighted by molar-refractivity contribution is 5.14. The van der Waals surface area contributed by atoms with Gasteiger partial charge in [0, 0.05) is 0 Å². The molecule has 0 aromatic rings. The van der Waals surface area contributed by atoms with Crippen molar-refractivity contribution >= 4 is 0 Å². The maximum absolute atomic E-state index is 8.37. The van der Waals surface area contributed by atoms with Crippen molar-refractivity contribution in [3.8, 4) is 0 Å². The molecule has 0 aliphatic carbocycles. The lowest BCUT2D eigenvalue weighted by atomic mass is 10.2. The third-order valence-electron chi connectivity index (χ3n) is 1.02. The summed E-state index contributed by atoms with van der Waals surface area (Å²) in [6.07, 6.45) is 4.47. The molecule has 0 fully saturated rings. The van der Waals surface area contributed by atoms with Crippen LogP contribution < -0.4 is 0 Å². The van der Waals surface area contributed by atoms with Crippen molar-refractivity contribution < 1.29 is 5.11 Å². The van der Waals surface area contributed by atoms with Crippen LogP contribution in [-0.2, 0) is 0 Å². The molecule has 0 aromatic carbocycles. The van der Waals surface area contributed by atoms with Gasteiger partial charge in [-0.15, -0.1) is 0 Å². The Morgan fingerprint density at radius 1 is 1.75 bits per heavy atom. The van der Waals surface area contributed by atoms with E-state index < -0.39 is 0 Å². The third kappa shape index (κ3) is 2.59. The van der Waals surface area contributed by atoms with Gasteiger partial charge in [-0.2, -0.15) is 0 Å². The van der Waals surface area contributed by atoms with Gasteiger partial charge in [0.05, 0.1) is 6.61 Å². The molecular weight excluding hydrogens is 100 g/mol. The van der Waals surface area contributed by atoms with Crippen molar-refractivity contribution in [1.29, 1.82) is 0 Å². The number of allylic oxidation sites excluding steroid dienone is 2. The second kappa shape index (κ2) is 4.60. The molecule has 0 atom stereocenters. The highest BCUT2D eigenvalue weighted by Gasteiger charge is 1.81. The Kier molecular flexibility index (Phi) is 4.27. The number of hydrogen-bond donors (Lipinski definition) is 1. The predicted octanol–water partition coefficient (Wildman–Crippen LogP) is 1.50. The van der Waals surface area contributed by atoms with Gasteiger partial charge in [-0.25, -0.2) is 0 Å².